The van der Waals surface area contributed by atoms with Crippen molar-refractivity contribution in [2.45, 2.75) is 12.5 Å². The zero-order valence-electron chi connectivity index (χ0n) is 9.32. The van der Waals surface area contributed by atoms with E-state index in [1.54, 1.807) is 19.2 Å². The fraction of sp³-hybridized carbons (Fsp3) is 0.417. The molecular formula is C12H16N2O2. The van der Waals surface area contributed by atoms with Crippen LogP contribution in [0.25, 0.3) is 0 Å². The summed E-state index contributed by atoms with van der Waals surface area (Å²) in [7, 11) is 1.57. The molecule has 2 N–H and O–H groups in total. The second-order valence-corrected chi connectivity index (χ2v) is 3.86. The van der Waals surface area contributed by atoms with Crippen molar-refractivity contribution < 1.29 is 9.53 Å². The number of hydrogen-bond donors (Lipinski definition) is 2. The molecule has 1 aliphatic rings. The summed E-state index contributed by atoms with van der Waals surface area (Å²) in [6, 6.07) is 7.49. The van der Waals surface area contributed by atoms with Crippen LogP contribution in [0.4, 0.5) is 0 Å². The second kappa shape index (κ2) is 4.99. The number of rotatable bonds is 3. The molecule has 16 heavy (non-hydrogen) atoms. The lowest BCUT2D eigenvalue weighted by Crippen LogP contribution is -2.36. The van der Waals surface area contributed by atoms with Crippen LogP contribution >= 0.6 is 0 Å². The van der Waals surface area contributed by atoms with Crippen LogP contribution in [-0.2, 0) is 0 Å². The molecule has 1 amide bonds. The molecule has 1 aromatic carbocycles. The van der Waals surface area contributed by atoms with Gasteiger partial charge in [0.1, 0.15) is 5.75 Å². The van der Waals surface area contributed by atoms with Gasteiger partial charge in [-0.05, 0) is 25.1 Å². The quantitative estimate of drug-likeness (QED) is 0.791. The molecule has 4 heteroatoms. The molecule has 0 unspecified atom stereocenters. The van der Waals surface area contributed by atoms with Crippen LogP contribution in [0.2, 0.25) is 0 Å². The normalized spacial score (nSPS) is 19.4. The van der Waals surface area contributed by atoms with Crippen LogP contribution < -0.4 is 15.4 Å². The van der Waals surface area contributed by atoms with Gasteiger partial charge < -0.3 is 15.4 Å². The zero-order chi connectivity index (χ0) is 11.4. The minimum Gasteiger partial charge on any atom is -0.496 e. The average molecular weight is 220 g/mol. The summed E-state index contributed by atoms with van der Waals surface area (Å²) < 4.78 is 5.15. The van der Waals surface area contributed by atoms with Gasteiger partial charge in [0.15, 0.2) is 0 Å². The van der Waals surface area contributed by atoms with Crippen molar-refractivity contribution in [1.29, 1.82) is 0 Å². The monoisotopic (exact) mass is 220 g/mol. The number of nitrogens with one attached hydrogen (secondary N) is 2. The topological polar surface area (TPSA) is 50.4 Å². The summed E-state index contributed by atoms with van der Waals surface area (Å²) in [4.78, 5) is 12.0. The molecule has 0 aliphatic carbocycles. The van der Waals surface area contributed by atoms with E-state index in [4.69, 9.17) is 4.74 Å². The lowest BCUT2D eigenvalue weighted by Gasteiger charge is -2.13. The lowest BCUT2D eigenvalue weighted by molar-refractivity contribution is 0.0937. The fourth-order valence-corrected chi connectivity index (χ4v) is 1.87. The third kappa shape index (κ3) is 2.33. The Kier molecular flexibility index (Phi) is 3.41. The van der Waals surface area contributed by atoms with Gasteiger partial charge in [0, 0.05) is 12.6 Å². The molecule has 1 aromatic rings. The molecule has 1 aliphatic heterocycles. The van der Waals surface area contributed by atoms with Gasteiger partial charge in [0.05, 0.1) is 12.7 Å². The van der Waals surface area contributed by atoms with E-state index < -0.39 is 0 Å². The minimum atomic E-state index is -0.0637. The Morgan fingerprint density at radius 1 is 1.50 bits per heavy atom. The van der Waals surface area contributed by atoms with Gasteiger partial charge >= 0.3 is 0 Å². The van der Waals surface area contributed by atoms with Crippen LogP contribution in [0.3, 0.4) is 0 Å². The van der Waals surface area contributed by atoms with Gasteiger partial charge in [-0.1, -0.05) is 12.1 Å². The Labute approximate surface area is 95.0 Å². The van der Waals surface area contributed by atoms with E-state index >= 15 is 0 Å². The van der Waals surface area contributed by atoms with E-state index in [9.17, 15) is 4.79 Å². The van der Waals surface area contributed by atoms with Gasteiger partial charge in [0.2, 0.25) is 0 Å². The van der Waals surface area contributed by atoms with Crippen LogP contribution in [0.1, 0.15) is 16.8 Å². The van der Waals surface area contributed by atoms with Gasteiger partial charge in [-0.3, -0.25) is 4.79 Å². The Morgan fingerprint density at radius 3 is 3.00 bits per heavy atom. The highest BCUT2D eigenvalue weighted by atomic mass is 16.5. The molecule has 0 aromatic heterocycles. The smallest absolute Gasteiger partial charge is 0.255 e. The predicted octanol–water partition coefficient (Wildman–Crippen LogP) is 0.787. The Hall–Kier alpha value is -1.55. The Bertz CT molecular complexity index is 373. The zero-order valence-corrected chi connectivity index (χ0v) is 9.32. The first-order valence-corrected chi connectivity index (χ1v) is 5.46. The van der Waals surface area contributed by atoms with Crippen LogP contribution in [0.5, 0.6) is 5.75 Å². The van der Waals surface area contributed by atoms with Crippen molar-refractivity contribution in [2.75, 3.05) is 20.2 Å². The molecule has 0 bridgehead atoms. The molecule has 4 nitrogen and oxygen atoms in total. The Balaban J connectivity index is 2.07. The fourth-order valence-electron chi connectivity index (χ4n) is 1.87. The van der Waals surface area contributed by atoms with Crippen molar-refractivity contribution in [3.8, 4) is 5.75 Å². The minimum absolute atomic E-state index is 0.0637. The molecular weight excluding hydrogens is 204 g/mol. The SMILES string of the molecule is COc1ccccc1C(=O)N[C@@H]1CCNC1. The largest absolute Gasteiger partial charge is 0.496 e. The number of carbonyl (C=O) groups excluding carboxylic acids is 1. The molecule has 1 atom stereocenters. The van der Waals surface area contributed by atoms with Crippen LogP contribution in [0.15, 0.2) is 24.3 Å². The maximum absolute atomic E-state index is 12.0. The van der Waals surface area contributed by atoms with E-state index in [0.717, 1.165) is 19.5 Å². The first-order chi connectivity index (χ1) is 7.81. The molecule has 1 heterocycles. The maximum Gasteiger partial charge on any atom is 0.255 e. The number of amides is 1. The van der Waals surface area contributed by atoms with Crippen molar-refractivity contribution >= 4 is 5.91 Å². The number of benzene rings is 1. The predicted molar refractivity (Wildman–Crippen MR) is 61.7 cm³/mol. The van der Waals surface area contributed by atoms with Crippen molar-refractivity contribution in [2.24, 2.45) is 0 Å². The summed E-state index contributed by atoms with van der Waals surface area (Å²) in [5, 5.41) is 6.20. The van der Waals surface area contributed by atoms with Gasteiger partial charge in [-0.15, -0.1) is 0 Å². The molecule has 1 saturated heterocycles. The molecule has 0 saturated carbocycles. The van der Waals surface area contributed by atoms with E-state index in [1.807, 2.05) is 12.1 Å². The summed E-state index contributed by atoms with van der Waals surface area (Å²) in [6.07, 6.45) is 0.987. The van der Waals surface area contributed by atoms with Gasteiger partial charge in [0.25, 0.3) is 5.91 Å². The highest BCUT2D eigenvalue weighted by Crippen LogP contribution is 2.17. The number of para-hydroxylation sites is 1. The molecule has 2 rings (SSSR count). The maximum atomic E-state index is 12.0. The molecule has 86 valence electrons. The van der Waals surface area contributed by atoms with Crippen molar-refractivity contribution in [1.82, 2.24) is 10.6 Å². The third-order valence-corrected chi connectivity index (χ3v) is 2.75. The summed E-state index contributed by atoms with van der Waals surface area (Å²) in [6.45, 7) is 1.82. The van der Waals surface area contributed by atoms with Gasteiger partial charge in [-0.25, -0.2) is 0 Å². The van der Waals surface area contributed by atoms with E-state index in [-0.39, 0.29) is 11.9 Å². The highest BCUT2D eigenvalue weighted by molar-refractivity contribution is 5.97. The van der Waals surface area contributed by atoms with E-state index in [2.05, 4.69) is 10.6 Å². The van der Waals surface area contributed by atoms with E-state index in [1.165, 1.54) is 0 Å². The van der Waals surface area contributed by atoms with Crippen LogP contribution in [0, 0.1) is 0 Å². The first kappa shape index (κ1) is 11.0. The molecule has 0 spiro atoms. The number of methoxy groups -OCH3 is 1. The summed E-state index contributed by atoms with van der Waals surface area (Å²) in [5.74, 6) is 0.553. The number of carbonyl (C=O) groups is 1. The van der Waals surface area contributed by atoms with E-state index in [0.29, 0.717) is 11.3 Å². The summed E-state index contributed by atoms with van der Waals surface area (Å²) >= 11 is 0. The van der Waals surface area contributed by atoms with Gasteiger partial charge in [-0.2, -0.15) is 0 Å². The van der Waals surface area contributed by atoms with Crippen molar-refractivity contribution in [3.63, 3.8) is 0 Å². The van der Waals surface area contributed by atoms with Crippen molar-refractivity contribution in [3.05, 3.63) is 29.8 Å². The molecule has 1 fully saturated rings. The number of hydrogen-bond acceptors (Lipinski definition) is 3. The first-order valence-electron chi connectivity index (χ1n) is 5.46. The highest BCUT2D eigenvalue weighted by Gasteiger charge is 2.19. The Morgan fingerprint density at radius 2 is 2.31 bits per heavy atom. The lowest BCUT2D eigenvalue weighted by atomic mass is 10.1. The average Bonchev–Trinajstić information content (AvgIpc) is 2.81. The van der Waals surface area contributed by atoms with Crippen LogP contribution in [-0.4, -0.2) is 32.1 Å². The third-order valence-electron chi connectivity index (χ3n) is 2.75. The standard InChI is InChI=1S/C12H16N2O2/c1-16-11-5-3-2-4-10(11)12(15)14-9-6-7-13-8-9/h2-5,9,13H,6-8H2,1H3,(H,14,15)/t9-/m1/s1. The summed E-state index contributed by atoms with van der Waals surface area (Å²) in [5.41, 5.74) is 0.594. The molecule has 0 radical (unpaired) electrons. The number of ether oxygens (including phenoxy) is 1. The second-order valence-electron chi connectivity index (χ2n) is 3.86.